The van der Waals surface area contributed by atoms with Crippen molar-refractivity contribution >= 4 is 5.96 Å². The number of hydrogen-bond acceptors (Lipinski definition) is 4. The summed E-state index contributed by atoms with van der Waals surface area (Å²) in [4.78, 5) is 13.1. The molecule has 0 spiro atoms. The SMILES string of the molecule is CN=C(NCc1ccc(-n2ccnc2C)nc1)NCC1(CCOC)CCC1. The average molecular weight is 371 g/mol. The Balaban J connectivity index is 1.50. The van der Waals surface area contributed by atoms with E-state index in [1.807, 2.05) is 30.0 Å². The minimum atomic E-state index is 0.361. The van der Waals surface area contributed by atoms with Crippen LogP contribution in [0.3, 0.4) is 0 Å². The van der Waals surface area contributed by atoms with Crippen molar-refractivity contribution in [3.63, 3.8) is 0 Å². The predicted octanol–water partition coefficient (Wildman–Crippen LogP) is 2.45. The Morgan fingerprint density at radius 3 is 2.70 bits per heavy atom. The van der Waals surface area contributed by atoms with Crippen molar-refractivity contribution in [1.82, 2.24) is 25.2 Å². The van der Waals surface area contributed by atoms with Crippen LogP contribution in [0, 0.1) is 12.3 Å². The number of nitrogens with zero attached hydrogens (tertiary/aromatic N) is 4. The number of rotatable bonds is 8. The standard InChI is InChI=1S/C20H30N6O/c1-16-22-10-11-26(16)18-6-5-17(13-23-18)14-24-19(21-2)25-15-20(7-4-8-20)9-12-27-3/h5-6,10-11,13H,4,7-9,12,14-15H2,1-3H3,(H2,21,24,25). The maximum atomic E-state index is 5.27. The van der Waals surface area contributed by atoms with Crippen LogP contribution in [0.2, 0.25) is 0 Å². The van der Waals surface area contributed by atoms with Crippen LogP contribution in [0.1, 0.15) is 37.1 Å². The number of nitrogens with one attached hydrogen (secondary N) is 2. The summed E-state index contributed by atoms with van der Waals surface area (Å²) in [5.74, 6) is 2.63. The number of methoxy groups -OCH3 is 1. The maximum absolute atomic E-state index is 5.27. The third-order valence-corrected chi connectivity index (χ3v) is 5.45. The van der Waals surface area contributed by atoms with Gasteiger partial charge in [-0.1, -0.05) is 12.5 Å². The Bertz CT molecular complexity index is 748. The van der Waals surface area contributed by atoms with Crippen LogP contribution >= 0.6 is 0 Å². The van der Waals surface area contributed by atoms with Gasteiger partial charge in [0.2, 0.25) is 0 Å². The molecule has 146 valence electrons. The molecule has 3 rings (SSSR count). The van der Waals surface area contributed by atoms with Crippen molar-refractivity contribution in [2.24, 2.45) is 10.4 Å². The van der Waals surface area contributed by atoms with Crippen molar-refractivity contribution in [3.05, 3.63) is 42.1 Å². The van der Waals surface area contributed by atoms with E-state index in [1.165, 1.54) is 19.3 Å². The van der Waals surface area contributed by atoms with Crippen LogP contribution in [0.15, 0.2) is 35.7 Å². The molecule has 0 radical (unpaired) electrons. The van der Waals surface area contributed by atoms with E-state index in [1.54, 1.807) is 20.4 Å². The van der Waals surface area contributed by atoms with Gasteiger partial charge in [0.25, 0.3) is 0 Å². The molecule has 1 fully saturated rings. The van der Waals surface area contributed by atoms with Gasteiger partial charge in [-0.2, -0.15) is 0 Å². The van der Waals surface area contributed by atoms with Gasteiger partial charge < -0.3 is 15.4 Å². The Morgan fingerprint density at radius 1 is 1.30 bits per heavy atom. The Kier molecular flexibility index (Phi) is 6.45. The van der Waals surface area contributed by atoms with E-state index in [9.17, 15) is 0 Å². The zero-order valence-electron chi connectivity index (χ0n) is 16.5. The monoisotopic (exact) mass is 370 g/mol. The molecule has 2 heterocycles. The molecule has 1 aliphatic carbocycles. The summed E-state index contributed by atoms with van der Waals surface area (Å²) < 4.78 is 7.24. The van der Waals surface area contributed by atoms with Crippen LogP contribution in [-0.2, 0) is 11.3 Å². The van der Waals surface area contributed by atoms with E-state index in [-0.39, 0.29) is 0 Å². The Labute approximate surface area is 161 Å². The Hall–Kier alpha value is -2.41. The highest BCUT2D eigenvalue weighted by molar-refractivity contribution is 5.79. The van der Waals surface area contributed by atoms with Crippen LogP contribution in [0.25, 0.3) is 5.82 Å². The highest BCUT2D eigenvalue weighted by Gasteiger charge is 2.36. The second-order valence-electron chi connectivity index (χ2n) is 7.24. The van der Waals surface area contributed by atoms with Gasteiger partial charge in [-0.3, -0.25) is 9.56 Å². The molecule has 7 nitrogen and oxygen atoms in total. The van der Waals surface area contributed by atoms with Gasteiger partial charge in [0.15, 0.2) is 5.96 Å². The first-order valence-corrected chi connectivity index (χ1v) is 9.54. The maximum Gasteiger partial charge on any atom is 0.191 e. The molecule has 0 amide bonds. The van der Waals surface area contributed by atoms with Crippen LogP contribution < -0.4 is 10.6 Å². The molecular formula is C20H30N6O. The van der Waals surface area contributed by atoms with Crippen molar-refractivity contribution in [2.75, 3.05) is 27.3 Å². The molecular weight excluding hydrogens is 340 g/mol. The lowest BCUT2D eigenvalue weighted by atomic mass is 9.67. The number of ether oxygens (including phenoxy) is 1. The zero-order valence-corrected chi connectivity index (χ0v) is 16.5. The molecule has 0 saturated heterocycles. The van der Waals surface area contributed by atoms with Crippen molar-refractivity contribution < 1.29 is 4.74 Å². The Morgan fingerprint density at radius 2 is 2.15 bits per heavy atom. The number of guanidine groups is 1. The van der Waals surface area contributed by atoms with E-state index in [0.717, 1.165) is 42.7 Å². The zero-order chi connectivity index (χ0) is 19.1. The number of imidazole rings is 1. The number of aromatic nitrogens is 3. The fourth-order valence-electron chi connectivity index (χ4n) is 3.47. The summed E-state index contributed by atoms with van der Waals surface area (Å²) in [6, 6.07) is 4.09. The second kappa shape index (κ2) is 8.99. The molecule has 2 aromatic heterocycles. The topological polar surface area (TPSA) is 76.4 Å². The molecule has 1 aliphatic rings. The number of aryl methyl sites for hydroxylation is 1. The smallest absolute Gasteiger partial charge is 0.191 e. The molecule has 0 aliphatic heterocycles. The molecule has 2 aromatic rings. The van der Waals surface area contributed by atoms with E-state index in [2.05, 4.69) is 31.7 Å². The molecule has 7 heteroatoms. The second-order valence-corrected chi connectivity index (χ2v) is 7.24. The molecule has 0 unspecified atom stereocenters. The van der Waals surface area contributed by atoms with Gasteiger partial charge in [-0.25, -0.2) is 9.97 Å². The van der Waals surface area contributed by atoms with Gasteiger partial charge >= 0.3 is 0 Å². The van der Waals surface area contributed by atoms with Gasteiger partial charge in [0.1, 0.15) is 11.6 Å². The van der Waals surface area contributed by atoms with E-state index < -0.39 is 0 Å². The third-order valence-electron chi connectivity index (χ3n) is 5.45. The summed E-state index contributed by atoms with van der Waals surface area (Å²) in [5.41, 5.74) is 1.47. The van der Waals surface area contributed by atoms with Crippen molar-refractivity contribution in [1.29, 1.82) is 0 Å². The molecule has 0 atom stereocenters. The molecule has 1 saturated carbocycles. The van der Waals surface area contributed by atoms with E-state index in [0.29, 0.717) is 12.0 Å². The summed E-state index contributed by atoms with van der Waals surface area (Å²) >= 11 is 0. The fourth-order valence-corrected chi connectivity index (χ4v) is 3.47. The fraction of sp³-hybridized carbons (Fsp3) is 0.550. The summed E-state index contributed by atoms with van der Waals surface area (Å²) in [6.07, 6.45) is 10.5. The minimum Gasteiger partial charge on any atom is -0.385 e. The number of hydrogen-bond donors (Lipinski definition) is 2. The predicted molar refractivity (Wildman–Crippen MR) is 107 cm³/mol. The van der Waals surface area contributed by atoms with Gasteiger partial charge in [0, 0.05) is 52.4 Å². The largest absolute Gasteiger partial charge is 0.385 e. The first-order valence-electron chi connectivity index (χ1n) is 9.54. The average Bonchev–Trinajstić information content (AvgIpc) is 3.09. The van der Waals surface area contributed by atoms with E-state index in [4.69, 9.17) is 4.74 Å². The third kappa shape index (κ3) is 4.86. The van der Waals surface area contributed by atoms with Crippen LogP contribution in [-0.4, -0.2) is 47.8 Å². The van der Waals surface area contributed by atoms with Gasteiger partial charge in [-0.15, -0.1) is 0 Å². The number of aliphatic imine (C=N–C) groups is 1. The van der Waals surface area contributed by atoms with Gasteiger partial charge in [-0.05, 0) is 43.2 Å². The van der Waals surface area contributed by atoms with Crippen molar-refractivity contribution in [3.8, 4) is 5.82 Å². The number of pyridine rings is 1. The normalized spacial score (nSPS) is 16.0. The molecule has 27 heavy (non-hydrogen) atoms. The minimum absolute atomic E-state index is 0.361. The molecule has 0 bridgehead atoms. The highest BCUT2D eigenvalue weighted by Crippen LogP contribution is 2.43. The van der Waals surface area contributed by atoms with Crippen molar-refractivity contribution in [2.45, 2.75) is 39.2 Å². The van der Waals surface area contributed by atoms with Gasteiger partial charge in [0.05, 0.1) is 0 Å². The van der Waals surface area contributed by atoms with Crippen LogP contribution in [0.4, 0.5) is 0 Å². The summed E-state index contributed by atoms with van der Waals surface area (Å²) in [6.45, 7) is 4.41. The van der Waals surface area contributed by atoms with E-state index >= 15 is 0 Å². The first-order chi connectivity index (χ1) is 13.2. The lowest BCUT2D eigenvalue weighted by Crippen LogP contribution is -2.46. The first kappa shape index (κ1) is 19.4. The van der Waals surface area contributed by atoms with Crippen LogP contribution in [0.5, 0.6) is 0 Å². The quantitative estimate of drug-likeness (QED) is 0.551. The lowest BCUT2D eigenvalue weighted by molar-refractivity contribution is 0.0732. The lowest BCUT2D eigenvalue weighted by Gasteiger charge is -2.42. The summed E-state index contributed by atoms with van der Waals surface area (Å²) in [5, 5.41) is 6.86. The highest BCUT2D eigenvalue weighted by atomic mass is 16.5. The summed E-state index contributed by atoms with van der Waals surface area (Å²) in [7, 11) is 3.58. The molecule has 0 aromatic carbocycles. The molecule has 2 N–H and O–H groups in total.